The highest BCUT2D eigenvalue weighted by Crippen LogP contribution is 2.34. The fourth-order valence-electron chi connectivity index (χ4n) is 2.48. The number of amides is 1. The van der Waals surface area contributed by atoms with Crippen LogP contribution in [-0.2, 0) is 16.6 Å². The summed E-state index contributed by atoms with van der Waals surface area (Å²) in [7, 11) is 1.80. The Labute approximate surface area is 117 Å². The van der Waals surface area contributed by atoms with Crippen molar-refractivity contribution in [3.8, 4) is 0 Å². The largest absolute Gasteiger partial charge is 0.481 e. The summed E-state index contributed by atoms with van der Waals surface area (Å²) in [6.07, 6.45) is 5.89. The molecule has 2 rings (SSSR count). The number of aryl methyl sites for hydroxylation is 1. The molecule has 0 bridgehead atoms. The number of carboxylic acid groups (broad SMARTS) is 1. The van der Waals surface area contributed by atoms with Gasteiger partial charge >= 0.3 is 5.97 Å². The molecule has 1 aliphatic heterocycles. The highest BCUT2D eigenvalue weighted by Gasteiger charge is 2.44. The first-order valence-electron chi connectivity index (χ1n) is 6.67. The first-order chi connectivity index (χ1) is 9.48. The molecule has 1 atom stereocenters. The van der Waals surface area contributed by atoms with Gasteiger partial charge < -0.3 is 10.0 Å². The summed E-state index contributed by atoms with van der Waals surface area (Å²) >= 11 is 0. The summed E-state index contributed by atoms with van der Waals surface area (Å²) in [5.41, 5.74) is 0.0493. The van der Waals surface area contributed by atoms with Gasteiger partial charge in [0, 0.05) is 32.4 Å². The Balaban J connectivity index is 2.03. The number of carboxylic acids is 1. The lowest BCUT2D eigenvalue weighted by atomic mass is 9.84. The lowest BCUT2D eigenvalue weighted by molar-refractivity contribution is -0.148. The monoisotopic (exact) mass is 277 g/mol. The number of hydrogen-bond acceptors (Lipinski definition) is 3. The van der Waals surface area contributed by atoms with E-state index in [1.54, 1.807) is 35.0 Å². The smallest absolute Gasteiger partial charge is 0.311 e. The van der Waals surface area contributed by atoms with Crippen molar-refractivity contribution in [3.63, 3.8) is 0 Å². The van der Waals surface area contributed by atoms with Gasteiger partial charge in [-0.2, -0.15) is 5.10 Å². The van der Waals surface area contributed by atoms with Gasteiger partial charge in [-0.3, -0.25) is 14.3 Å². The van der Waals surface area contributed by atoms with Crippen LogP contribution in [0.3, 0.4) is 0 Å². The summed E-state index contributed by atoms with van der Waals surface area (Å²) in [4.78, 5) is 25.0. The van der Waals surface area contributed by atoms with Gasteiger partial charge in [-0.1, -0.05) is 6.92 Å². The molecule has 0 aromatic carbocycles. The standard InChI is InChI=1S/C14H19N3O3/c1-3-14(13(19)20)7-9-17(10-14)12(18)5-4-11-6-8-15-16(11)2/h4-6,8H,3,7,9-10H2,1-2H3,(H,19,20). The fourth-order valence-corrected chi connectivity index (χ4v) is 2.48. The molecule has 2 heterocycles. The minimum absolute atomic E-state index is 0.150. The van der Waals surface area contributed by atoms with E-state index in [9.17, 15) is 14.7 Å². The average molecular weight is 277 g/mol. The van der Waals surface area contributed by atoms with Crippen LogP contribution in [0.5, 0.6) is 0 Å². The number of aliphatic carboxylic acids is 1. The predicted octanol–water partition coefficient (Wildman–Crippen LogP) is 1.15. The number of aromatic nitrogens is 2. The van der Waals surface area contributed by atoms with Gasteiger partial charge in [0.1, 0.15) is 0 Å². The Bertz CT molecular complexity index is 550. The van der Waals surface area contributed by atoms with Crippen molar-refractivity contribution >= 4 is 18.0 Å². The summed E-state index contributed by atoms with van der Waals surface area (Å²) in [6.45, 7) is 2.63. The Kier molecular flexibility index (Phi) is 3.92. The van der Waals surface area contributed by atoms with Crippen molar-refractivity contribution in [1.82, 2.24) is 14.7 Å². The van der Waals surface area contributed by atoms with Crippen LogP contribution in [0.15, 0.2) is 18.3 Å². The normalized spacial score (nSPS) is 22.6. The van der Waals surface area contributed by atoms with Crippen LogP contribution in [0.4, 0.5) is 0 Å². The Morgan fingerprint density at radius 1 is 1.55 bits per heavy atom. The highest BCUT2D eigenvalue weighted by atomic mass is 16.4. The maximum atomic E-state index is 12.1. The Hall–Kier alpha value is -2.11. The summed E-state index contributed by atoms with van der Waals surface area (Å²) in [5, 5.41) is 13.3. The predicted molar refractivity (Wildman–Crippen MR) is 73.8 cm³/mol. The molecule has 0 spiro atoms. The number of rotatable bonds is 4. The van der Waals surface area contributed by atoms with Crippen LogP contribution in [0.1, 0.15) is 25.5 Å². The second-order valence-electron chi connectivity index (χ2n) is 5.16. The van der Waals surface area contributed by atoms with Crippen molar-refractivity contribution in [1.29, 1.82) is 0 Å². The maximum Gasteiger partial charge on any atom is 0.311 e. The summed E-state index contributed by atoms with van der Waals surface area (Å²) < 4.78 is 1.67. The van der Waals surface area contributed by atoms with E-state index in [-0.39, 0.29) is 12.5 Å². The molecule has 6 nitrogen and oxygen atoms in total. The molecule has 108 valence electrons. The molecule has 1 unspecified atom stereocenters. The molecule has 20 heavy (non-hydrogen) atoms. The molecular weight excluding hydrogens is 258 g/mol. The molecule has 1 N–H and O–H groups in total. The van der Waals surface area contributed by atoms with E-state index >= 15 is 0 Å². The summed E-state index contributed by atoms with van der Waals surface area (Å²) in [5.74, 6) is -0.964. The van der Waals surface area contributed by atoms with Crippen LogP contribution in [0.2, 0.25) is 0 Å². The van der Waals surface area contributed by atoms with Crippen molar-refractivity contribution in [2.75, 3.05) is 13.1 Å². The third kappa shape index (κ3) is 2.59. The van der Waals surface area contributed by atoms with Gasteiger partial charge in [0.2, 0.25) is 5.91 Å². The molecule has 1 fully saturated rings. The van der Waals surface area contributed by atoms with Crippen LogP contribution < -0.4 is 0 Å². The first-order valence-corrected chi connectivity index (χ1v) is 6.67. The van der Waals surface area contributed by atoms with E-state index in [1.165, 1.54) is 6.08 Å². The van der Waals surface area contributed by atoms with Crippen molar-refractivity contribution in [2.45, 2.75) is 19.8 Å². The minimum atomic E-state index is -0.814. The first kappa shape index (κ1) is 14.3. The number of carbonyl (C=O) groups excluding carboxylic acids is 1. The summed E-state index contributed by atoms with van der Waals surface area (Å²) in [6, 6.07) is 1.81. The average Bonchev–Trinajstić information content (AvgIpc) is 3.03. The van der Waals surface area contributed by atoms with Gasteiger partial charge in [0.05, 0.1) is 11.1 Å². The minimum Gasteiger partial charge on any atom is -0.481 e. The quantitative estimate of drug-likeness (QED) is 0.838. The lowest BCUT2D eigenvalue weighted by Gasteiger charge is -2.22. The molecule has 0 radical (unpaired) electrons. The zero-order valence-corrected chi connectivity index (χ0v) is 11.7. The van der Waals surface area contributed by atoms with E-state index in [1.807, 2.05) is 6.92 Å². The zero-order valence-electron chi connectivity index (χ0n) is 11.7. The number of nitrogens with zero attached hydrogens (tertiary/aromatic N) is 3. The highest BCUT2D eigenvalue weighted by molar-refractivity contribution is 5.92. The molecular formula is C14H19N3O3. The van der Waals surface area contributed by atoms with Gasteiger partial charge in [-0.25, -0.2) is 0 Å². The van der Waals surface area contributed by atoms with Crippen molar-refractivity contribution in [3.05, 3.63) is 24.0 Å². The van der Waals surface area contributed by atoms with Gasteiger partial charge in [-0.05, 0) is 25.0 Å². The molecule has 0 saturated carbocycles. The van der Waals surface area contributed by atoms with Crippen LogP contribution in [0, 0.1) is 5.41 Å². The fraction of sp³-hybridized carbons (Fsp3) is 0.500. The van der Waals surface area contributed by atoms with Crippen LogP contribution in [-0.4, -0.2) is 44.8 Å². The van der Waals surface area contributed by atoms with Gasteiger partial charge in [0.15, 0.2) is 0 Å². The molecule has 1 amide bonds. The Morgan fingerprint density at radius 2 is 2.30 bits per heavy atom. The van der Waals surface area contributed by atoms with Crippen LogP contribution in [0.25, 0.3) is 6.08 Å². The zero-order chi connectivity index (χ0) is 14.8. The van der Waals surface area contributed by atoms with E-state index in [4.69, 9.17) is 0 Å². The van der Waals surface area contributed by atoms with E-state index in [0.29, 0.717) is 19.4 Å². The second-order valence-corrected chi connectivity index (χ2v) is 5.16. The molecule has 1 aliphatic rings. The van der Waals surface area contributed by atoms with E-state index in [2.05, 4.69) is 5.10 Å². The SMILES string of the molecule is CCC1(C(=O)O)CCN(C(=O)C=Cc2ccnn2C)C1. The molecule has 6 heteroatoms. The van der Waals surface area contributed by atoms with Crippen LogP contribution >= 0.6 is 0 Å². The number of carbonyl (C=O) groups is 2. The topological polar surface area (TPSA) is 75.4 Å². The number of likely N-dealkylation sites (tertiary alicyclic amines) is 1. The van der Waals surface area contributed by atoms with Gasteiger partial charge in [-0.15, -0.1) is 0 Å². The van der Waals surface area contributed by atoms with Crippen molar-refractivity contribution in [2.24, 2.45) is 12.5 Å². The number of hydrogen-bond donors (Lipinski definition) is 1. The maximum absolute atomic E-state index is 12.1. The van der Waals surface area contributed by atoms with E-state index in [0.717, 1.165) is 5.69 Å². The molecule has 0 aliphatic carbocycles. The van der Waals surface area contributed by atoms with E-state index < -0.39 is 11.4 Å². The third-order valence-electron chi connectivity index (χ3n) is 4.05. The van der Waals surface area contributed by atoms with Gasteiger partial charge in [0.25, 0.3) is 0 Å². The second kappa shape index (κ2) is 5.48. The van der Waals surface area contributed by atoms with Crippen molar-refractivity contribution < 1.29 is 14.7 Å². The molecule has 1 aromatic heterocycles. The Morgan fingerprint density at radius 3 is 2.80 bits per heavy atom. The lowest BCUT2D eigenvalue weighted by Crippen LogP contribution is -2.35. The third-order valence-corrected chi connectivity index (χ3v) is 4.05. The molecule has 1 saturated heterocycles. The molecule has 1 aromatic rings.